The lowest BCUT2D eigenvalue weighted by Crippen LogP contribution is -2.29. The van der Waals surface area contributed by atoms with E-state index in [0.29, 0.717) is 5.41 Å². The molecular weight excluding hydrogens is 168 g/mol. The van der Waals surface area contributed by atoms with Crippen LogP contribution in [0.4, 0.5) is 0 Å². The van der Waals surface area contributed by atoms with Crippen LogP contribution in [0.5, 0.6) is 0 Å². The second-order valence-corrected chi connectivity index (χ2v) is 5.22. The Labute approximate surface area is 86.3 Å². The monoisotopic (exact) mass is 186 g/mol. The maximum absolute atomic E-state index is 2.47. The summed E-state index contributed by atoms with van der Waals surface area (Å²) in [7, 11) is 0. The molecule has 0 spiro atoms. The van der Waals surface area contributed by atoms with Gasteiger partial charge in [-0.2, -0.15) is 0 Å². The average Bonchev–Trinajstić information content (AvgIpc) is 2.51. The maximum atomic E-state index is 2.47. The molecule has 0 heterocycles. The molecule has 14 heavy (non-hydrogen) atoms. The van der Waals surface area contributed by atoms with Crippen molar-refractivity contribution in [3.63, 3.8) is 0 Å². The molecule has 74 valence electrons. The van der Waals surface area contributed by atoms with E-state index in [-0.39, 0.29) is 0 Å². The molecule has 3 aliphatic carbocycles. The van der Waals surface area contributed by atoms with Crippen LogP contribution < -0.4 is 0 Å². The molecule has 4 bridgehead atoms. The average molecular weight is 186 g/mol. The first-order chi connectivity index (χ1) is 6.60. The van der Waals surface area contributed by atoms with Gasteiger partial charge in [-0.25, -0.2) is 0 Å². The van der Waals surface area contributed by atoms with Crippen LogP contribution in [0.3, 0.4) is 0 Å². The minimum absolute atomic E-state index is 0.435. The summed E-state index contributed by atoms with van der Waals surface area (Å²) in [5.74, 6) is 1.51. The summed E-state index contributed by atoms with van der Waals surface area (Å²) in [6.45, 7) is 9.52. The van der Waals surface area contributed by atoms with Crippen LogP contribution in [-0.2, 0) is 11.8 Å². The molecule has 0 amide bonds. The molecule has 4 rings (SSSR count). The van der Waals surface area contributed by atoms with Crippen molar-refractivity contribution >= 4 is 0 Å². The molecule has 3 unspecified atom stereocenters. The predicted octanol–water partition coefficient (Wildman–Crippen LogP) is 3.74. The van der Waals surface area contributed by atoms with Gasteiger partial charge in [0, 0.05) is 5.41 Å². The van der Waals surface area contributed by atoms with Gasteiger partial charge >= 0.3 is 0 Å². The molecule has 0 N–H and O–H groups in total. The van der Waals surface area contributed by atoms with Crippen LogP contribution in [0, 0.1) is 0 Å². The summed E-state index contributed by atoms with van der Waals surface area (Å²) in [4.78, 5) is 0. The lowest BCUT2D eigenvalue weighted by atomic mass is 9.67. The van der Waals surface area contributed by atoms with Crippen molar-refractivity contribution in [3.8, 4) is 0 Å². The van der Waals surface area contributed by atoms with Crippen molar-refractivity contribution in [1.82, 2.24) is 0 Å². The van der Waals surface area contributed by atoms with Gasteiger partial charge in [-0.1, -0.05) is 39.8 Å². The second-order valence-electron chi connectivity index (χ2n) is 5.22. The Morgan fingerprint density at radius 2 is 1.71 bits per heavy atom. The smallest absolute Gasteiger partial charge is 0.00596 e. The number of fused-ring (bicyclic) bond motifs is 1. The van der Waals surface area contributed by atoms with Crippen molar-refractivity contribution in [2.45, 2.75) is 51.4 Å². The van der Waals surface area contributed by atoms with Crippen LogP contribution in [0.1, 0.15) is 61.8 Å². The zero-order valence-electron chi connectivity index (χ0n) is 9.52. The van der Waals surface area contributed by atoms with Gasteiger partial charge in [0.2, 0.25) is 0 Å². The summed E-state index contributed by atoms with van der Waals surface area (Å²) in [6, 6.07) is 4.93. The van der Waals surface area contributed by atoms with Gasteiger partial charge in [0.25, 0.3) is 0 Å². The van der Waals surface area contributed by atoms with Crippen LogP contribution >= 0.6 is 0 Å². The topological polar surface area (TPSA) is 0 Å². The molecule has 0 nitrogen and oxygen atoms in total. The van der Waals surface area contributed by atoms with E-state index in [4.69, 9.17) is 0 Å². The fraction of sp³-hybridized carbons (Fsp3) is 0.571. The summed E-state index contributed by atoms with van der Waals surface area (Å²) >= 11 is 0. The van der Waals surface area contributed by atoms with E-state index in [9.17, 15) is 0 Å². The fourth-order valence-corrected chi connectivity index (χ4v) is 3.71. The van der Waals surface area contributed by atoms with Gasteiger partial charge < -0.3 is 0 Å². The Morgan fingerprint density at radius 1 is 1.14 bits per heavy atom. The van der Waals surface area contributed by atoms with Crippen molar-refractivity contribution in [1.29, 1.82) is 0 Å². The van der Waals surface area contributed by atoms with E-state index >= 15 is 0 Å². The zero-order valence-corrected chi connectivity index (χ0v) is 9.52. The molecule has 3 aliphatic rings. The van der Waals surface area contributed by atoms with Crippen LogP contribution in [0.25, 0.3) is 0 Å². The first-order valence-electron chi connectivity index (χ1n) is 5.77. The van der Waals surface area contributed by atoms with Gasteiger partial charge in [0.15, 0.2) is 0 Å². The first kappa shape index (κ1) is 8.52. The van der Waals surface area contributed by atoms with E-state index in [1.165, 1.54) is 6.42 Å². The third-order valence-electron chi connectivity index (χ3n) is 5.00. The summed E-state index contributed by atoms with van der Waals surface area (Å²) in [5, 5.41) is 0. The van der Waals surface area contributed by atoms with Gasteiger partial charge in [0.1, 0.15) is 0 Å². The van der Waals surface area contributed by atoms with Gasteiger partial charge in [-0.05, 0) is 40.5 Å². The number of rotatable bonds is 1. The molecule has 0 saturated heterocycles. The molecule has 0 aromatic heterocycles. The zero-order chi connectivity index (χ0) is 10.1. The summed E-state index contributed by atoms with van der Waals surface area (Å²) < 4.78 is 0. The molecule has 1 aromatic carbocycles. The van der Waals surface area contributed by atoms with Crippen molar-refractivity contribution in [3.05, 3.63) is 34.4 Å². The minimum Gasteiger partial charge on any atom is -0.0613 e. The normalized spacial score (nSPS) is 37.1. The number of aryl methyl sites for hydroxylation is 1. The molecule has 0 saturated carbocycles. The highest BCUT2D eigenvalue weighted by Gasteiger charge is 2.52. The third kappa shape index (κ3) is 0.627. The molecule has 3 atom stereocenters. The standard InChI is InChI=1S/C14H18/c1-5-10-6-11-8(2)14(4)9(3)12(11)7-13(10)14/h6-9H,5H2,1-4H3. The Kier molecular flexibility index (Phi) is 1.36. The first-order valence-corrected chi connectivity index (χ1v) is 5.77. The van der Waals surface area contributed by atoms with E-state index in [1.807, 2.05) is 0 Å². The highest BCUT2D eigenvalue weighted by Crippen LogP contribution is 2.62. The molecule has 0 fully saturated rings. The van der Waals surface area contributed by atoms with Crippen molar-refractivity contribution in [2.75, 3.05) is 0 Å². The Bertz CT molecular complexity index is 416. The SMILES string of the molecule is CCc1cc2c3cc1C(C)(C2C)C3C. The minimum atomic E-state index is 0.435. The largest absolute Gasteiger partial charge is 0.0613 e. The van der Waals surface area contributed by atoms with Crippen LogP contribution in [0.2, 0.25) is 0 Å². The van der Waals surface area contributed by atoms with E-state index in [2.05, 4.69) is 39.8 Å². The van der Waals surface area contributed by atoms with Gasteiger partial charge in [-0.3, -0.25) is 0 Å². The van der Waals surface area contributed by atoms with E-state index < -0.39 is 0 Å². The fourth-order valence-electron chi connectivity index (χ4n) is 3.71. The van der Waals surface area contributed by atoms with E-state index in [0.717, 1.165) is 11.8 Å². The molecular formula is C14H18. The van der Waals surface area contributed by atoms with Crippen molar-refractivity contribution < 1.29 is 0 Å². The quantitative estimate of drug-likeness (QED) is 0.626. The molecule has 0 radical (unpaired) electrons. The summed E-state index contributed by atoms with van der Waals surface area (Å²) in [5.41, 5.74) is 6.93. The molecule has 1 aromatic rings. The Hall–Kier alpha value is -0.780. The van der Waals surface area contributed by atoms with Crippen molar-refractivity contribution in [2.24, 2.45) is 0 Å². The molecule has 0 aliphatic heterocycles. The molecule has 0 heteroatoms. The van der Waals surface area contributed by atoms with Gasteiger partial charge in [-0.15, -0.1) is 0 Å². The Balaban J connectivity index is 2.35. The number of hydrogen-bond donors (Lipinski definition) is 0. The second kappa shape index (κ2) is 2.24. The number of hydrogen-bond acceptors (Lipinski definition) is 0. The lowest BCUT2D eigenvalue weighted by molar-refractivity contribution is 0.377. The highest BCUT2D eigenvalue weighted by molar-refractivity contribution is 5.61. The lowest BCUT2D eigenvalue weighted by Gasteiger charge is -2.36. The summed E-state index contributed by atoms with van der Waals surface area (Å²) in [6.07, 6.45) is 1.19. The van der Waals surface area contributed by atoms with Gasteiger partial charge in [0.05, 0.1) is 0 Å². The predicted molar refractivity (Wildman–Crippen MR) is 60.0 cm³/mol. The highest BCUT2D eigenvalue weighted by atomic mass is 14.6. The Morgan fingerprint density at radius 3 is 2.14 bits per heavy atom. The maximum Gasteiger partial charge on any atom is 0.00596 e. The number of benzene rings is 1. The van der Waals surface area contributed by atoms with Crippen LogP contribution in [-0.4, -0.2) is 0 Å². The third-order valence-corrected chi connectivity index (χ3v) is 5.00. The van der Waals surface area contributed by atoms with Crippen LogP contribution in [0.15, 0.2) is 12.1 Å². The van der Waals surface area contributed by atoms with E-state index in [1.54, 1.807) is 22.3 Å².